The van der Waals surface area contributed by atoms with E-state index in [0.717, 1.165) is 12.8 Å². The number of hydrogen-bond donors (Lipinski definition) is 0. The van der Waals surface area contributed by atoms with Crippen LogP contribution >= 0.6 is 34.8 Å². The smallest absolute Gasteiger partial charge is 0.167 e. The Morgan fingerprint density at radius 1 is 1.07 bits per heavy atom. The zero-order chi connectivity index (χ0) is 10.3. The molecule has 0 aliphatic heterocycles. The molecule has 4 heteroatoms. The first-order valence-corrected chi connectivity index (χ1v) is 5.41. The number of hydrogen-bond acceptors (Lipinski definition) is 1. The topological polar surface area (TPSA) is 17.1 Å². The van der Waals surface area contributed by atoms with E-state index in [9.17, 15) is 4.79 Å². The van der Waals surface area contributed by atoms with Gasteiger partial charge in [-0.15, -0.1) is 0 Å². The minimum absolute atomic E-state index is 0.0774. The first kappa shape index (κ1) is 10.3. The van der Waals surface area contributed by atoms with E-state index >= 15 is 0 Å². The second-order valence-electron chi connectivity index (χ2n) is 3.38. The molecule has 0 saturated heterocycles. The zero-order valence-electron chi connectivity index (χ0n) is 7.19. The second-order valence-corrected chi connectivity index (χ2v) is 4.61. The number of benzene rings is 1. The number of carbonyl (C=O) groups is 1. The lowest BCUT2D eigenvalue weighted by Crippen LogP contribution is -2.02. The predicted octanol–water partition coefficient (Wildman–Crippen LogP) is 4.24. The molecule has 0 spiro atoms. The molecule has 0 amide bonds. The SMILES string of the molecule is O=C(c1cc(Cl)c(Cl)cc1Cl)C1CC1. The number of halogens is 3. The summed E-state index contributed by atoms with van der Waals surface area (Å²) in [5.41, 5.74) is 0.489. The summed E-state index contributed by atoms with van der Waals surface area (Å²) < 4.78 is 0. The maximum absolute atomic E-state index is 11.7. The average Bonchev–Trinajstić information content (AvgIpc) is 2.93. The van der Waals surface area contributed by atoms with Gasteiger partial charge in [-0.2, -0.15) is 0 Å². The Morgan fingerprint density at radius 2 is 1.64 bits per heavy atom. The molecule has 1 nitrogen and oxygen atoms in total. The Kier molecular flexibility index (Phi) is 2.74. The monoisotopic (exact) mass is 248 g/mol. The van der Waals surface area contributed by atoms with Crippen LogP contribution in [0.1, 0.15) is 23.2 Å². The minimum atomic E-state index is 0.0774. The Hall–Kier alpha value is -0.240. The van der Waals surface area contributed by atoms with Gasteiger partial charge in [0.25, 0.3) is 0 Å². The van der Waals surface area contributed by atoms with E-state index in [4.69, 9.17) is 34.8 Å². The van der Waals surface area contributed by atoms with Crippen LogP contribution in [-0.2, 0) is 0 Å². The van der Waals surface area contributed by atoms with Crippen molar-refractivity contribution in [1.29, 1.82) is 0 Å². The molecule has 0 aromatic heterocycles. The van der Waals surface area contributed by atoms with Crippen LogP contribution in [0, 0.1) is 5.92 Å². The molecule has 74 valence electrons. The fourth-order valence-corrected chi connectivity index (χ4v) is 1.92. The van der Waals surface area contributed by atoms with Crippen molar-refractivity contribution in [3.8, 4) is 0 Å². The molecule has 0 radical (unpaired) electrons. The first-order valence-electron chi connectivity index (χ1n) is 4.28. The summed E-state index contributed by atoms with van der Waals surface area (Å²) >= 11 is 17.5. The molecule has 1 aromatic carbocycles. The highest BCUT2D eigenvalue weighted by molar-refractivity contribution is 6.44. The normalized spacial score (nSPS) is 15.6. The van der Waals surface area contributed by atoms with E-state index in [1.165, 1.54) is 6.07 Å². The van der Waals surface area contributed by atoms with Crippen LogP contribution in [0.25, 0.3) is 0 Å². The fourth-order valence-electron chi connectivity index (χ4n) is 1.28. The Bertz CT molecular complexity index is 397. The summed E-state index contributed by atoms with van der Waals surface area (Å²) in [6.45, 7) is 0. The molecule has 0 unspecified atom stereocenters. The molecule has 0 N–H and O–H groups in total. The second kappa shape index (κ2) is 3.73. The molecule has 0 heterocycles. The lowest BCUT2D eigenvalue weighted by Gasteiger charge is -2.04. The zero-order valence-corrected chi connectivity index (χ0v) is 9.46. The molecule has 1 aliphatic carbocycles. The van der Waals surface area contributed by atoms with Gasteiger partial charge in [-0.05, 0) is 25.0 Å². The Balaban J connectivity index is 2.41. The number of Topliss-reactive ketones (excluding diaryl/α,β-unsaturated/α-hetero) is 1. The third-order valence-corrected chi connectivity index (χ3v) is 3.26. The van der Waals surface area contributed by atoms with Crippen molar-refractivity contribution in [3.63, 3.8) is 0 Å². The first-order chi connectivity index (χ1) is 6.59. The highest BCUT2D eigenvalue weighted by atomic mass is 35.5. The molecular weight excluding hydrogens is 242 g/mol. The van der Waals surface area contributed by atoms with Crippen molar-refractivity contribution < 1.29 is 4.79 Å². The van der Waals surface area contributed by atoms with Crippen LogP contribution in [0.3, 0.4) is 0 Å². The van der Waals surface area contributed by atoms with Crippen molar-refractivity contribution in [1.82, 2.24) is 0 Å². The van der Waals surface area contributed by atoms with Gasteiger partial charge in [0.05, 0.1) is 15.1 Å². The Morgan fingerprint density at radius 3 is 2.21 bits per heavy atom. The van der Waals surface area contributed by atoms with Crippen molar-refractivity contribution >= 4 is 40.6 Å². The lowest BCUT2D eigenvalue weighted by atomic mass is 10.1. The van der Waals surface area contributed by atoms with Gasteiger partial charge >= 0.3 is 0 Å². The van der Waals surface area contributed by atoms with E-state index in [2.05, 4.69) is 0 Å². The van der Waals surface area contributed by atoms with Gasteiger partial charge in [0.15, 0.2) is 5.78 Å². The minimum Gasteiger partial charge on any atom is -0.294 e. The van der Waals surface area contributed by atoms with Gasteiger partial charge in [0.1, 0.15) is 0 Å². The highest BCUT2D eigenvalue weighted by Crippen LogP contribution is 2.37. The van der Waals surface area contributed by atoms with E-state index in [1.54, 1.807) is 6.07 Å². The third kappa shape index (κ3) is 1.90. The quantitative estimate of drug-likeness (QED) is 0.566. The van der Waals surface area contributed by atoms with Gasteiger partial charge in [-0.25, -0.2) is 0 Å². The molecule has 14 heavy (non-hydrogen) atoms. The maximum Gasteiger partial charge on any atom is 0.167 e. The van der Waals surface area contributed by atoms with Gasteiger partial charge in [0, 0.05) is 11.5 Å². The molecular formula is C10H7Cl3O. The van der Waals surface area contributed by atoms with E-state index in [0.29, 0.717) is 20.6 Å². The van der Waals surface area contributed by atoms with Crippen molar-refractivity contribution in [2.75, 3.05) is 0 Å². The van der Waals surface area contributed by atoms with E-state index < -0.39 is 0 Å². The summed E-state index contributed by atoms with van der Waals surface area (Å²) in [5.74, 6) is 0.221. The maximum atomic E-state index is 11.7. The van der Waals surface area contributed by atoms with Gasteiger partial charge in [0.2, 0.25) is 0 Å². The highest BCUT2D eigenvalue weighted by Gasteiger charge is 2.31. The van der Waals surface area contributed by atoms with Gasteiger partial charge in [-0.3, -0.25) is 4.79 Å². The number of rotatable bonds is 2. The average molecular weight is 250 g/mol. The lowest BCUT2D eigenvalue weighted by molar-refractivity contribution is 0.0968. The van der Waals surface area contributed by atoms with Crippen LogP contribution in [0.2, 0.25) is 15.1 Å². The van der Waals surface area contributed by atoms with Crippen LogP contribution < -0.4 is 0 Å². The Labute approximate surface area is 97.0 Å². The summed E-state index contributed by atoms with van der Waals surface area (Å²) in [5, 5.41) is 1.14. The molecule has 2 rings (SSSR count). The van der Waals surface area contributed by atoms with Crippen molar-refractivity contribution in [2.24, 2.45) is 5.92 Å². The standard InChI is InChI=1S/C10H7Cl3O/c11-7-4-9(13)8(12)3-6(7)10(14)5-1-2-5/h3-5H,1-2H2. The summed E-state index contributed by atoms with van der Waals surface area (Å²) in [6.07, 6.45) is 1.91. The van der Waals surface area contributed by atoms with Crippen LogP contribution in [0.15, 0.2) is 12.1 Å². The predicted molar refractivity (Wildman–Crippen MR) is 58.5 cm³/mol. The van der Waals surface area contributed by atoms with Gasteiger partial charge in [-0.1, -0.05) is 34.8 Å². The molecule has 0 bridgehead atoms. The van der Waals surface area contributed by atoms with Gasteiger partial charge < -0.3 is 0 Å². The van der Waals surface area contributed by atoms with E-state index in [1.807, 2.05) is 0 Å². The summed E-state index contributed by atoms with van der Waals surface area (Å²) in [4.78, 5) is 11.7. The molecule has 1 aliphatic rings. The molecule has 1 saturated carbocycles. The van der Waals surface area contributed by atoms with Crippen LogP contribution in [-0.4, -0.2) is 5.78 Å². The van der Waals surface area contributed by atoms with Crippen molar-refractivity contribution in [3.05, 3.63) is 32.8 Å². The number of ketones is 1. The summed E-state index contributed by atoms with van der Waals surface area (Å²) in [6, 6.07) is 3.06. The summed E-state index contributed by atoms with van der Waals surface area (Å²) in [7, 11) is 0. The number of carbonyl (C=O) groups excluding carboxylic acids is 1. The van der Waals surface area contributed by atoms with Crippen LogP contribution in [0.4, 0.5) is 0 Å². The van der Waals surface area contributed by atoms with Crippen molar-refractivity contribution in [2.45, 2.75) is 12.8 Å². The largest absolute Gasteiger partial charge is 0.294 e. The molecule has 1 aromatic rings. The molecule has 0 atom stereocenters. The molecule has 1 fully saturated rings. The van der Waals surface area contributed by atoms with E-state index in [-0.39, 0.29) is 11.7 Å². The third-order valence-electron chi connectivity index (χ3n) is 2.22. The fraction of sp³-hybridized carbons (Fsp3) is 0.300. The van der Waals surface area contributed by atoms with Crippen LogP contribution in [0.5, 0.6) is 0 Å².